The monoisotopic (exact) mass is 281 g/mol. The Bertz CT molecular complexity index is 525. The van der Waals surface area contributed by atoms with E-state index in [4.69, 9.17) is 0 Å². The van der Waals surface area contributed by atoms with Gasteiger partial charge < -0.3 is 5.32 Å². The summed E-state index contributed by atoms with van der Waals surface area (Å²) in [5.74, 6) is 0. The molecule has 21 heavy (non-hydrogen) atoms. The van der Waals surface area contributed by atoms with Crippen molar-refractivity contribution in [2.24, 2.45) is 0 Å². The van der Waals surface area contributed by atoms with Crippen molar-refractivity contribution >= 4 is 0 Å². The van der Waals surface area contributed by atoms with Gasteiger partial charge in [0.1, 0.15) is 0 Å². The largest absolute Gasteiger partial charge is 0.314 e. The lowest BCUT2D eigenvalue weighted by Gasteiger charge is -2.18. The molecule has 0 bridgehead atoms. The second kappa shape index (κ2) is 7.99. The molecule has 1 heteroatoms. The summed E-state index contributed by atoms with van der Waals surface area (Å²) in [5.41, 5.74) is 5.58. The van der Waals surface area contributed by atoms with E-state index in [2.05, 4.69) is 74.6 Å². The van der Waals surface area contributed by atoms with Crippen molar-refractivity contribution in [3.63, 3.8) is 0 Å². The normalized spacial score (nSPS) is 12.3. The summed E-state index contributed by atoms with van der Waals surface area (Å²) in [7, 11) is 0. The SMILES string of the molecule is CCNC(Cc1ccc(C)cc1)Cc1ccc(CC)cc1. The smallest absolute Gasteiger partial charge is 0.0148 e. The van der Waals surface area contributed by atoms with E-state index < -0.39 is 0 Å². The predicted octanol–water partition coefficient (Wildman–Crippen LogP) is 4.32. The molecule has 0 amide bonds. The topological polar surface area (TPSA) is 12.0 Å². The van der Waals surface area contributed by atoms with Crippen molar-refractivity contribution in [2.45, 2.75) is 46.1 Å². The van der Waals surface area contributed by atoms with Gasteiger partial charge in [0.05, 0.1) is 0 Å². The highest BCUT2D eigenvalue weighted by Crippen LogP contribution is 2.12. The van der Waals surface area contributed by atoms with Gasteiger partial charge in [-0.1, -0.05) is 67.9 Å². The molecule has 0 radical (unpaired) electrons. The van der Waals surface area contributed by atoms with Gasteiger partial charge in [-0.25, -0.2) is 0 Å². The van der Waals surface area contributed by atoms with Gasteiger partial charge in [0.15, 0.2) is 0 Å². The maximum Gasteiger partial charge on any atom is 0.0148 e. The van der Waals surface area contributed by atoms with Crippen molar-refractivity contribution in [1.82, 2.24) is 5.32 Å². The number of nitrogens with one attached hydrogen (secondary N) is 1. The van der Waals surface area contributed by atoms with Crippen LogP contribution in [0.3, 0.4) is 0 Å². The molecule has 2 rings (SSSR count). The van der Waals surface area contributed by atoms with E-state index in [-0.39, 0.29) is 0 Å². The van der Waals surface area contributed by atoms with Gasteiger partial charge in [0.25, 0.3) is 0 Å². The molecule has 0 heterocycles. The highest BCUT2D eigenvalue weighted by molar-refractivity contribution is 5.25. The molecule has 0 saturated carbocycles. The van der Waals surface area contributed by atoms with Crippen LogP contribution in [0, 0.1) is 6.92 Å². The summed E-state index contributed by atoms with van der Waals surface area (Å²) in [4.78, 5) is 0. The number of benzene rings is 2. The van der Waals surface area contributed by atoms with Gasteiger partial charge >= 0.3 is 0 Å². The Morgan fingerprint density at radius 3 is 1.71 bits per heavy atom. The van der Waals surface area contributed by atoms with Crippen LogP contribution in [0.15, 0.2) is 48.5 Å². The van der Waals surface area contributed by atoms with Crippen LogP contribution >= 0.6 is 0 Å². The Morgan fingerprint density at radius 2 is 1.24 bits per heavy atom. The van der Waals surface area contributed by atoms with Crippen molar-refractivity contribution < 1.29 is 0 Å². The summed E-state index contributed by atoms with van der Waals surface area (Å²) in [6.45, 7) is 7.54. The molecule has 1 unspecified atom stereocenters. The molecule has 1 atom stereocenters. The van der Waals surface area contributed by atoms with Gasteiger partial charge in [0, 0.05) is 6.04 Å². The van der Waals surface area contributed by atoms with E-state index in [1.165, 1.54) is 22.3 Å². The molecule has 0 aromatic heterocycles. The minimum atomic E-state index is 0.505. The zero-order chi connectivity index (χ0) is 15.1. The summed E-state index contributed by atoms with van der Waals surface area (Å²) in [5, 5.41) is 3.62. The Hall–Kier alpha value is -1.60. The van der Waals surface area contributed by atoms with Gasteiger partial charge in [0.2, 0.25) is 0 Å². The molecule has 0 saturated heterocycles. The third-order valence-corrected chi connectivity index (χ3v) is 4.01. The second-order valence-electron chi connectivity index (χ2n) is 5.82. The van der Waals surface area contributed by atoms with E-state index in [0.717, 1.165) is 25.8 Å². The van der Waals surface area contributed by atoms with Crippen LogP contribution in [0.2, 0.25) is 0 Å². The van der Waals surface area contributed by atoms with Crippen LogP contribution < -0.4 is 5.32 Å². The summed E-state index contributed by atoms with van der Waals surface area (Å²) in [6, 6.07) is 18.5. The van der Waals surface area contributed by atoms with Gasteiger partial charge in [-0.2, -0.15) is 0 Å². The lowest BCUT2D eigenvalue weighted by molar-refractivity contribution is 0.521. The Labute approximate surface area is 129 Å². The van der Waals surface area contributed by atoms with Crippen molar-refractivity contribution in [1.29, 1.82) is 0 Å². The lowest BCUT2D eigenvalue weighted by atomic mass is 9.97. The van der Waals surface area contributed by atoms with Gasteiger partial charge in [-0.05, 0) is 49.4 Å². The highest BCUT2D eigenvalue weighted by atomic mass is 14.9. The van der Waals surface area contributed by atoms with Crippen molar-refractivity contribution in [3.8, 4) is 0 Å². The van der Waals surface area contributed by atoms with Crippen LogP contribution in [0.25, 0.3) is 0 Å². The number of aryl methyl sites for hydroxylation is 2. The number of hydrogen-bond donors (Lipinski definition) is 1. The Kier molecular flexibility index (Phi) is 6.01. The number of likely N-dealkylation sites (N-methyl/N-ethyl adjacent to an activating group) is 1. The first-order valence-corrected chi connectivity index (χ1v) is 8.08. The Balaban J connectivity index is 2.02. The maximum absolute atomic E-state index is 3.62. The minimum absolute atomic E-state index is 0.505. The van der Waals surface area contributed by atoms with Crippen LogP contribution in [-0.2, 0) is 19.3 Å². The minimum Gasteiger partial charge on any atom is -0.314 e. The Morgan fingerprint density at radius 1 is 0.762 bits per heavy atom. The standard InChI is InChI=1S/C20H27N/c1-4-17-10-12-19(13-11-17)15-20(21-5-2)14-18-8-6-16(3)7-9-18/h6-13,20-21H,4-5,14-15H2,1-3H3. The second-order valence-corrected chi connectivity index (χ2v) is 5.82. The quantitative estimate of drug-likeness (QED) is 0.797. The zero-order valence-corrected chi connectivity index (χ0v) is 13.5. The molecule has 1 N–H and O–H groups in total. The van der Waals surface area contributed by atoms with Crippen molar-refractivity contribution in [3.05, 3.63) is 70.8 Å². The highest BCUT2D eigenvalue weighted by Gasteiger charge is 2.09. The van der Waals surface area contributed by atoms with E-state index >= 15 is 0 Å². The van der Waals surface area contributed by atoms with Crippen LogP contribution in [0.4, 0.5) is 0 Å². The fourth-order valence-corrected chi connectivity index (χ4v) is 2.71. The third-order valence-electron chi connectivity index (χ3n) is 4.01. The average Bonchev–Trinajstić information content (AvgIpc) is 2.50. The van der Waals surface area contributed by atoms with Gasteiger partial charge in [-0.15, -0.1) is 0 Å². The van der Waals surface area contributed by atoms with E-state index in [1.807, 2.05) is 0 Å². The van der Waals surface area contributed by atoms with Crippen LogP contribution in [0.5, 0.6) is 0 Å². The van der Waals surface area contributed by atoms with Crippen LogP contribution in [0.1, 0.15) is 36.1 Å². The molecule has 2 aromatic carbocycles. The molecule has 0 aliphatic carbocycles. The number of rotatable bonds is 7. The third kappa shape index (κ3) is 5.02. The van der Waals surface area contributed by atoms with Crippen molar-refractivity contribution in [2.75, 3.05) is 6.54 Å². The predicted molar refractivity (Wildman–Crippen MR) is 91.9 cm³/mol. The summed E-state index contributed by atoms with van der Waals surface area (Å²) >= 11 is 0. The van der Waals surface area contributed by atoms with E-state index in [1.54, 1.807) is 0 Å². The summed E-state index contributed by atoms with van der Waals surface area (Å²) in [6.07, 6.45) is 3.29. The lowest BCUT2D eigenvalue weighted by Crippen LogP contribution is -2.33. The molecule has 0 aliphatic rings. The zero-order valence-electron chi connectivity index (χ0n) is 13.5. The van der Waals surface area contributed by atoms with E-state index in [9.17, 15) is 0 Å². The molecule has 0 aliphatic heterocycles. The molecule has 0 spiro atoms. The summed E-state index contributed by atoms with van der Waals surface area (Å²) < 4.78 is 0. The van der Waals surface area contributed by atoms with Gasteiger partial charge in [-0.3, -0.25) is 0 Å². The molecule has 0 fully saturated rings. The fraction of sp³-hybridized carbons (Fsp3) is 0.400. The molecule has 112 valence electrons. The first kappa shape index (κ1) is 15.8. The first-order valence-electron chi connectivity index (χ1n) is 8.08. The number of hydrogen-bond acceptors (Lipinski definition) is 1. The molecule has 1 nitrogen and oxygen atoms in total. The fourth-order valence-electron chi connectivity index (χ4n) is 2.71. The molecule has 2 aromatic rings. The van der Waals surface area contributed by atoms with E-state index in [0.29, 0.717) is 6.04 Å². The average molecular weight is 281 g/mol. The molecular weight excluding hydrogens is 254 g/mol. The maximum atomic E-state index is 3.62. The molecular formula is C20H27N. The first-order chi connectivity index (χ1) is 10.2. The van der Waals surface area contributed by atoms with Crippen LogP contribution in [-0.4, -0.2) is 12.6 Å².